The zero-order chi connectivity index (χ0) is 12.5. The van der Waals surface area contributed by atoms with E-state index in [4.69, 9.17) is 5.73 Å². The summed E-state index contributed by atoms with van der Waals surface area (Å²) in [6.07, 6.45) is 4.28. The fraction of sp³-hybridized carbons (Fsp3) is 0.462. The van der Waals surface area contributed by atoms with Gasteiger partial charge < -0.3 is 10.8 Å². The number of hydrogen-bond donors (Lipinski definition) is 2. The van der Waals surface area contributed by atoms with Crippen LogP contribution in [0.3, 0.4) is 0 Å². The SMILES string of the molecule is Cc1cc(C=NCC2(O)CCC2)c(N)cc1F. The van der Waals surface area contributed by atoms with Crippen molar-refractivity contribution < 1.29 is 9.50 Å². The van der Waals surface area contributed by atoms with Gasteiger partial charge in [0.05, 0.1) is 12.1 Å². The smallest absolute Gasteiger partial charge is 0.128 e. The average Bonchev–Trinajstić information content (AvgIpc) is 2.23. The molecule has 92 valence electrons. The topological polar surface area (TPSA) is 58.6 Å². The Balaban J connectivity index is 2.07. The molecule has 1 aromatic rings. The number of nitrogens with two attached hydrogens (primary N) is 1. The molecular weight excluding hydrogens is 219 g/mol. The molecule has 0 saturated heterocycles. The summed E-state index contributed by atoms with van der Waals surface area (Å²) in [5.74, 6) is -0.308. The fourth-order valence-corrected chi connectivity index (χ4v) is 1.89. The Morgan fingerprint density at radius 2 is 2.24 bits per heavy atom. The molecule has 0 unspecified atom stereocenters. The van der Waals surface area contributed by atoms with Gasteiger partial charge in [-0.05, 0) is 43.9 Å². The van der Waals surface area contributed by atoms with Crippen molar-refractivity contribution >= 4 is 11.9 Å². The molecule has 0 heterocycles. The van der Waals surface area contributed by atoms with E-state index in [2.05, 4.69) is 4.99 Å². The van der Waals surface area contributed by atoms with E-state index in [-0.39, 0.29) is 5.82 Å². The monoisotopic (exact) mass is 236 g/mol. The number of nitrogen functional groups attached to an aromatic ring is 1. The van der Waals surface area contributed by atoms with Gasteiger partial charge in [0, 0.05) is 17.5 Å². The number of halogens is 1. The van der Waals surface area contributed by atoms with Gasteiger partial charge in [-0.25, -0.2) is 4.39 Å². The van der Waals surface area contributed by atoms with Crippen molar-refractivity contribution in [1.29, 1.82) is 0 Å². The second kappa shape index (κ2) is 4.45. The van der Waals surface area contributed by atoms with Crippen LogP contribution in [0.25, 0.3) is 0 Å². The molecule has 1 saturated carbocycles. The van der Waals surface area contributed by atoms with Crippen molar-refractivity contribution in [2.45, 2.75) is 31.8 Å². The van der Waals surface area contributed by atoms with E-state index >= 15 is 0 Å². The molecule has 0 radical (unpaired) electrons. The Kier molecular flexibility index (Phi) is 3.15. The minimum Gasteiger partial charge on any atom is -0.398 e. The maximum atomic E-state index is 13.2. The minimum absolute atomic E-state index is 0.308. The fourth-order valence-electron chi connectivity index (χ4n) is 1.89. The number of hydrogen-bond acceptors (Lipinski definition) is 3. The Bertz CT molecular complexity index is 453. The summed E-state index contributed by atoms with van der Waals surface area (Å²) in [6, 6.07) is 2.97. The summed E-state index contributed by atoms with van der Waals surface area (Å²) in [5.41, 5.74) is 6.69. The van der Waals surface area contributed by atoms with Crippen LogP contribution in [0, 0.1) is 12.7 Å². The molecule has 17 heavy (non-hydrogen) atoms. The van der Waals surface area contributed by atoms with Gasteiger partial charge in [-0.3, -0.25) is 4.99 Å². The maximum Gasteiger partial charge on any atom is 0.128 e. The van der Waals surface area contributed by atoms with Crippen LogP contribution in [-0.2, 0) is 0 Å². The van der Waals surface area contributed by atoms with Crippen molar-refractivity contribution in [2.24, 2.45) is 4.99 Å². The van der Waals surface area contributed by atoms with Crippen LogP contribution in [0.4, 0.5) is 10.1 Å². The molecule has 1 aliphatic rings. The van der Waals surface area contributed by atoms with Gasteiger partial charge in [0.1, 0.15) is 5.82 Å². The van der Waals surface area contributed by atoms with Crippen LogP contribution in [0.5, 0.6) is 0 Å². The quantitative estimate of drug-likeness (QED) is 0.623. The second-order valence-corrected chi connectivity index (χ2v) is 4.78. The highest BCUT2D eigenvalue weighted by atomic mass is 19.1. The molecule has 0 aliphatic heterocycles. The summed E-state index contributed by atoms with van der Waals surface area (Å²) < 4.78 is 13.2. The molecular formula is C13H17FN2O. The first-order valence-corrected chi connectivity index (χ1v) is 5.78. The molecule has 0 amide bonds. The van der Waals surface area contributed by atoms with Gasteiger partial charge >= 0.3 is 0 Å². The van der Waals surface area contributed by atoms with E-state index in [1.807, 2.05) is 0 Å². The van der Waals surface area contributed by atoms with Crippen LogP contribution in [0.1, 0.15) is 30.4 Å². The largest absolute Gasteiger partial charge is 0.398 e. The third-order valence-corrected chi connectivity index (χ3v) is 3.26. The first-order valence-electron chi connectivity index (χ1n) is 5.78. The summed E-state index contributed by atoms with van der Waals surface area (Å²) >= 11 is 0. The highest BCUT2D eigenvalue weighted by molar-refractivity contribution is 5.87. The third-order valence-electron chi connectivity index (χ3n) is 3.26. The van der Waals surface area contributed by atoms with Gasteiger partial charge in [0.2, 0.25) is 0 Å². The normalized spacial score (nSPS) is 18.3. The van der Waals surface area contributed by atoms with E-state index in [0.717, 1.165) is 19.3 Å². The van der Waals surface area contributed by atoms with Crippen molar-refractivity contribution in [2.75, 3.05) is 12.3 Å². The lowest BCUT2D eigenvalue weighted by Gasteiger charge is -2.34. The summed E-state index contributed by atoms with van der Waals surface area (Å²) in [6.45, 7) is 2.08. The number of nitrogens with zero attached hydrogens (tertiary/aromatic N) is 1. The number of rotatable bonds is 3. The lowest BCUT2D eigenvalue weighted by molar-refractivity contribution is -0.0234. The molecule has 2 rings (SSSR count). The van der Waals surface area contributed by atoms with Crippen molar-refractivity contribution in [3.05, 3.63) is 29.1 Å². The van der Waals surface area contributed by atoms with E-state index in [1.165, 1.54) is 6.07 Å². The van der Waals surface area contributed by atoms with Gasteiger partial charge in [-0.1, -0.05) is 0 Å². The number of aliphatic imine (C=N–C) groups is 1. The van der Waals surface area contributed by atoms with E-state index in [0.29, 0.717) is 23.4 Å². The van der Waals surface area contributed by atoms with Gasteiger partial charge in [-0.2, -0.15) is 0 Å². The lowest BCUT2D eigenvalue weighted by Crippen LogP contribution is -2.39. The van der Waals surface area contributed by atoms with Crippen molar-refractivity contribution in [3.63, 3.8) is 0 Å². The van der Waals surface area contributed by atoms with Crippen molar-refractivity contribution in [1.82, 2.24) is 0 Å². The summed E-state index contributed by atoms with van der Waals surface area (Å²) in [7, 11) is 0. The number of aliphatic hydroxyl groups is 1. The minimum atomic E-state index is -0.625. The van der Waals surface area contributed by atoms with Crippen LogP contribution in [0.2, 0.25) is 0 Å². The highest BCUT2D eigenvalue weighted by Crippen LogP contribution is 2.31. The second-order valence-electron chi connectivity index (χ2n) is 4.78. The van der Waals surface area contributed by atoms with Crippen molar-refractivity contribution in [3.8, 4) is 0 Å². The van der Waals surface area contributed by atoms with Crippen LogP contribution in [-0.4, -0.2) is 23.5 Å². The maximum absolute atomic E-state index is 13.2. The van der Waals surface area contributed by atoms with E-state index in [9.17, 15) is 9.50 Å². The Labute approximate surface area is 100 Å². The predicted molar refractivity (Wildman–Crippen MR) is 66.8 cm³/mol. The average molecular weight is 236 g/mol. The number of anilines is 1. The van der Waals surface area contributed by atoms with E-state index in [1.54, 1.807) is 19.2 Å². The molecule has 0 atom stereocenters. The molecule has 0 spiro atoms. The lowest BCUT2D eigenvalue weighted by atomic mass is 9.80. The molecule has 1 fully saturated rings. The summed E-state index contributed by atoms with van der Waals surface area (Å²) in [5, 5.41) is 9.85. The Hall–Kier alpha value is -1.42. The van der Waals surface area contributed by atoms with Gasteiger partial charge in [-0.15, -0.1) is 0 Å². The predicted octanol–water partition coefficient (Wildman–Crippen LogP) is 2.05. The molecule has 3 nitrogen and oxygen atoms in total. The molecule has 0 bridgehead atoms. The highest BCUT2D eigenvalue weighted by Gasteiger charge is 2.33. The Morgan fingerprint density at radius 3 is 2.82 bits per heavy atom. The third kappa shape index (κ3) is 2.64. The molecule has 0 aromatic heterocycles. The first-order chi connectivity index (χ1) is 8.00. The molecule has 4 heteroatoms. The summed E-state index contributed by atoms with van der Waals surface area (Å²) in [4.78, 5) is 4.19. The first kappa shape index (κ1) is 12.0. The van der Waals surface area contributed by atoms with E-state index < -0.39 is 5.60 Å². The van der Waals surface area contributed by atoms with Crippen LogP contribution in [0.15, 0.2) is 17.1 Å². The number of benzene rings is 1. The molecule has 1 aliphatic carbocycles. The van der Waals surface area contributed by atoms with Gasteiger partial charge in [0.25, 0.3) is 0 Å². The van der Waals surface area contributed by atoms with Crippen LogP contribution < -0.4 is 5.73 Å². The molecule has 1 aromatic carbocycles. The zero-order valence-electron chi connectivity index (χ0n) is 9.91. The van der Waals surface area contributed by atoms with Crippen LogP contribution >= 0.6 is 0 Å². The zero-order valence-corrected chi connectivity index (χ0v) is 9.91. The Morgan fingerprint density at radius 1 is 1.53 bits per heavy atom. The van der Waals surface area contributed by atoms with Gasteiger partial charge in [0.15, 0.2) is 0 Å². The number of aryl methyl sites for hydroxylation is 1. The standard InChI is InChI=1S/C13H17FN2O/c1-9-5-10(12(15)6-11(9)14)7-16-8-13(17)3-2-4-13/h5-7,17H,2-4,8,15H2,1H3. The molecule has 3 N–H and O–H groups in total.